The summed E-state index contributed by atoms with van der Waals surface area (Å²) in [4.78, 5) is 0. The molecule has 1 rings (SSSR count). The summed E-state index contributed by atoms with van der Waals surface area (Å²) in [7, 11) is 0. The zero-order valence-electron chi connectivity index (χ0n) is 10.6. The van der Waals surface area contributed by atoms with Crippen molar-refractivity contribution in [1.29, 1.82) is 0 Å². The van der Waals surface area contributed by atoms with E-state index in [9.17, 15) is 5.11 Å². The lowest BCUT2D eigenvalue weighted by Crippen LogP contribution is -2.35. The molecule has 0 aliphatic heterocycles. The molecule has 2 heteroatoms. The van der Waals surface area contributed by atoms with E-state index in [2.05, 4.69) is 39.0 Å². The number of aryl methyl sites for hydroxylation is 2. The van der Waals surface area contributed by atoms with Gasteiger partial charge in [-0.2, -0.15) is 0 Å². The highest BCUT2D eigenvalue weighted by Gasteiger charge is 2.26. The smallest absolute Gasteiger partial charge is 0.0502 e. The van der Waals surface area contributed by atoms with Gasteiger partial charge < -0.3 is 10.8 Å². The fourth-order valence-corrected chi connectivity index (χ4v) is 2.18. The van der Waals surface area contributed by atoms with Crippen molar-refractivity contribution in [2.45, 2.75) is 33.6 Å². The van der Waals surface area contributed by atoms with E-state index in [1.165, 1.54) is 16.7 Å². The molecule has 0 amide bonds. The molecular formula is C14H23NO. The second-order valence-corrected chi connectivity index (χ2v) is 4.89. The third kappa shape index (κ3) is 3.06. The van der Waals surface area contributed by atoms with Crippen molar-refractivity contribution in [1.82, 2.24) is 0 Å². The van der Waals surface area contributed by atoms with E-state index >= 15 is 0 Å². The molecule has 1 unspecified atom stereocenters. The van der Waals surface area contributed by atoms with Gasteiger partial charge in [0.05, 0.1) is 6.61 Å². The quantitative estimate of drug-likeness (QED) is 0.800. The van der Waals surface area contributed by atoms with E-state index in [0.29, 0.717) is 6.54 Å². The first kappa shape index (κ1) is 13.2. The van der Waals surface area contributed by atoms with Gasteiger partial charge in [0.25, 0.3) is 0 Å². The van der Waals surface area contributed by atoms with Crippen molar-refractivity contribution in [3.05, 3.63) is 34.9 Å². The van der Waals surface area contributed by atoms with Crippen molar-refractivity contribution in [3.63, 3.8) is 0 Å². The Kier molecular flexibility index (Phi) is 4.51. The van der Waals surface area contributed by atoms with Gasteiger partial charge in [0.15, 0.2) is 0 Å². The summed E-state index contributed by atoms with van der Waals surface area (Å²) < 4.78 is 0. The Balaban J connectivity index is 2.93. The van der Waals surface area contributed by atoms with Gasteiger partial charge in [0.1, 0.15) is 0 Å². The Morgan fingerprint density at radius 1 is 1.19 bits per heavy atom. The van der Waals surface area contributed by atoms with Crippen LogP contribution in [0.25, 0.3) is 0 Å². The third-order valence-electron chi connectivity index (χ3n) is 3.38. The molecule has 0 aliphatic carbocycles. The van der Waals surface area contributed by atoms with Crippen molar-refractivity contribution in [2.75, 3.05) is 13.2 Å². The van der Waals surface area contributed by atoms with Gasteiger partial charge in [-0.25, -0.2) is 0 Å². The standard InChI is InChI=1S/C14H23NO/c1-4-14(9-15,10-16)8-13-6-11(2)5-12(3)7-13/h5-7,16H,4,8-10,15H2,1-3H3. The van der Waals surface area contributed by atoms with Crippen LogP contribution in [0.5, 0.6) is 0 Å². The average molecular weight is 221 g/mol. The maximum absolute atomic E-state index is 9.50. The molecule has 0 heterocycles. The van der Waals surface area contributed by atoms with Gasteiger partial charge in [-0.1, -0.05) is 36.2 Å². The molecular weight excluding hydrogens is 198 g/mol. The molecule has 1 aromatic carbocycles. The largest absolute Gasteiger partial charge is 0.396 e. The second kappa shape index (κ2) is 5.46. The number of hydrogen-bond donors (Lipinski definition) is 2. The van der Waals surface area contributed by atoms with Gasteiger partial charge in [-0.3, -0.25) is 0 Å². The Morgan fingerprint density at radius 3 is 2.12 bits per heavy atom. The summed E-state index contributed by atoms with van der Waals surface area (Å²) in [5, 5.41) is 9.50. The third-order valence-corrected chi connectivity index (χ3v) is 3.38. The minimum absolute atomic E-state index is 0.153. The van der Waals surface area contributed by atoms with Crippen LogP contribution in [0.2, 0.25) is 0 Å². The molecule has 3 N–H and O–H groups in total. The van der Waals surface area contributed by atoms with E-state index in [1.54, 1.807) is 0 Å². The van der Waals surface area contributed by atoms with Crippen LogP contribution in [0.3, 0.4) is 0 Å². The molecule has 0 saturated heterocycles. The van der Waals surface area contributed by atoms with E-state index in [0.717, 1.165) is 12.8 Å². The summed E-state index contributed by atoms with van der Waals surface area (Å²) in [6, 6.07) is 6.53. The Labute approximate surface area is 98.5 Å². The molecule has 0 aromatic heterocycles. The lowest BCUT2D eigenvalue weighted by molar-refractivity contribution is 0.127. The zero-order valence-corrected chi connectivity index (χ0v) is 10.6. The van der Waals surface area contributed by atoms with Gasteiger partial charge in [0, 0.05) is 12.0 Å². The van der Waals surface area contributed by atoms with Crippen LogP contribution in [0.4, 0.5) is 0 Å². The number of benzene rings is 1. The van der Waals surface area contributed by atoms with Crippen LogP contribution in [-0.2, 0) is 6.42 Å². The molecule has 0 saturated carbocycles. The molecule has 1 atom stereocenters. The van der Waals surface area contributed by atoms with Crippen molar-refractivity contribution in [3.8, 4) is 0 Å². The summed E-state index contributed by atoms with van der Waals surface area (Å²) in [6.45, 7) is 6.99. The Hall–Kier alpha value is -0.860. The minimum Gasteiger partial charge on any atom is -0.396 e. The molecule has 16 heavy (non-hydrogen) atoms. The molecule has 1 aromatic rings. The van der Waals surface area contributed by atoms with Crippen LogP contribution >= 0.6 is 0 Å². The lowest BCUT2D eigenvalue weighted by atomic mass is 9.79. The van der Waals surface area contributed by atoms with Gasteiger partial charge in [0.2, 0.25) is 0 Å². The highest BCUT2D eigenvalue weighted by Crippen LogP contribution is 2.26. The van der Waals surface area contributed by atoms with Crippen LogP contribution < -0.4 is 5.73 Å². The Bertz CT molecular complexity index is 314. The predicted molar refractivity (Wildman–Crippen MR) is 68.5 cm³/mol. The first-order valence-corrected chi connectivity index (χ1v) is 5.93. The van der Waals surface area contributed by atoms with E-state index in [1.807, 2.05) is 0 Å². The first-order chi connectivity index (χ1) is 7.55. The van der Waals surface area contributed by atoms with Crippen molar-refractivity contribution >= 4 is 0 Å². The number of rotatable bonds is 5. The van der Waals surface area contributed by atoms with E-state index in [4.69, 9.17) is 5.73 Å². The number of aliphatic hydroxyl groups excluding tert-OH is 1. The molecule has 0 bridgehead atoms. The van der Waals surface area contributed by atoms with Crippen LogP contribution in [0, 0.1) is 19.3 Å². The number of aliphatic hydroxyl groups is 1. The fraction of sp³-hybridized carbons (Fsp3) is 0.571. The predicted octanol–water partition coefficient (Wildman–Crippen LogP) is 2.19. The normalized spacial score (nSPS) is 14.8. The maximum Gasteiger partial charge on any atom is 0.0502 e. The van der Waals surface area contributed by atoms with Crippen molar-refractivity contribution < 1.29 is 5.11 Å². The minimum atomic E-state index is -0.153. The summed E-state index contributed by atoms with van der Waals surface area (Å²) in [6.07, 6.45) is 1.77. The molecule has 90 valence electrons. The monoisotopic (exact) mass is 221 g/mol. The first-order valence-electron chi connectivity index (χ1n) is 5.93. The Morgan fingerprint density at radius 2 is 1.75 bits per heavy atom. The van der Waals surface area contributed by atoms with E-state index < -0.39 is 0 Å². The summed E-state index contributed by atoms with van der Waals surface area (Å²) in [5.74, 6) is 0. The topological polar surface area (TPSA) is 46.2 Å². The van der Waals surface area contributed by atoms with Crippen LogP contribution in [0.15, 0.2) is 18.2 Å². The fourth-order valence-electron chi connectivity index (χ4n) is 2.18. The van der Waals surface area contributed by atoms with Crippen LogP contribution in [-0.4, -0.2) is 18.3 Å². The van der Waals surface area contributed by atoms with Gasteiger partial charge in [-0.05, 0) is 32.3 Å². The number of hydrogen-bond acceptors (Lipinski definition) is 2. The number of nitrogens with two attached hydrogens (primary N) is 1. The molecule has 0 radical (unpaired) electrons. The molecule has 0 fully saturated rings. The summed E-state index contributed by atoms with van der Waals surface area (Å²) in [5.41, 5.74) is 9.46. The van der Waals surface area contributed by atoms with Gasteiger partial charge in [-0.15, -0.1) is 0 Å². The highest BCUT2D eigenvalue weighted by atomic mass is 16.3. The molecule has 0 spiro atoms. The molecule has 0 aliphatic rings. The lowest BCUT2D eigenvalue weighted by Gasteiger charge is -2.29. The van der Waals surface area contributed by atoms with E-state index in [-0.39, 0.29) is 12.0 Å². The second-order valence-electron chi connectivity index (χ2n) is 4.89. The molecule has 2 nitrogen and oxygen atoms in total. The van der Waals surface area contributed by atoms with Crippen molar-refractivity contribution in [2.24, 2.45) is 11.1 Å². The zero-order chi connectivity index (χ0) is 12.2. The maximum atomic E-state index is 9.50. The average Bonchev–Trinajstić information content (AvgIpc) is 2.25. The summed E-state index contributed by atoms with van der Waals surface area (Å²) >= 11 is 0. The SMILES string of the molecule is CCC(CN)(CO)Cc1cc(C)cc(C)c1. The highest BCUT2D eigenvalue weighted by molar-refractivity contribution is 5.29. The van der Waals surface area contributed by atoms with Gasteiger partial charge >= 0.3 is 0 Å². The van der Waals surface area contributed by atoms with Crippen LogP contribution in [0.1, 0.15) is 30.0 Å².